The van der Waals surface area contributed by atoms with Crippen molar-refractivity contribution in [1.29, 1.82) is 0 Å². The number of aromatic hydroxyl groups is 1. The number of nitrogens with zero attached hydrogens (tertiary/aromatic N) is 2. The third-order valence-electron chi connectivity index (χ3n) is 4.86. The van der Waals surface area contributed by atoms with Gasteiger partial charge in [0.2, 0.25) is 0 Å². The SMILES string of the molecule is O=C(c1ccc(COc2ccc(Br)cc2)o1)N1CCN(c2ccccc2O)CC1. The summed E-state index contributed by atoms with van der Waals surface area (Å²) < 4.78 is 12.4. The quantitative estimate of drug-likeness (QED) is 0.620. The average Bonchev–Trinajstić information content (AvgIpc) is 3.22. The smallest absolute Gasteiger partial charge is 0.289 e. The monoisotopic (exact) mass is 456 g/mol. The Labute approximate surface area is 177 Å². The second-order valence-corrected chi connectivity index (χ2v) is 7.69. The number of hydrogen-bond donors (Lipinski definition) is 1. The molecular formula is C22H21BrN2O4. The van der Waals surface area contributed by atoms with Gasteiger partial charge >= 0.3 is 0 Å². The number of hydrogen-bond acceptors (Lipinski definition) is 5. The number of ether oxygens (including phenoxy) is 1. The van der Waals surface area contributed by atoms with Crippen molar-refractivity contribution in [3.63, 3.8) is 0 Å². The molecule has 1 fully saturated rings. The Balaban J connectivity index is 1.32. The van der Waals surface area contributed by atoms with E-state index in [2.05, 4.69) is 20.8 Å². The van der Waals surface area contributed by atoms with Crippen LogP contribution in [0.4, 0.5) is 5.69 Å². The zero-order valence-electron chi connectivity index (χ0n) is 15.8. The summed E-state index contributed by atoms with van der Waals surface area (Å²) in [6, 6.07) is 18.3. The summed E-state index contributed by atoms with van der Waals surface area (Å²) in [4.78, 5) is 16.6. The molecule has 150 valence electrons. The number of benzene rings is 2. The van der Waals surface area contributed by atoms with Gasteiger partial charge < -0.3 is 24.1 Å². The van der Waals surface area contributed by atoms with Crippen LogP contribution >= 0.6 is 15.9 Å². The highest BCUT2D eigenvalue weighted by Crippen LogP contribution is 2.27. The van der Waals surface area contributed by atoms with Gasteiger partial charge in [-0.3, -0.25) is 4.79 Å². The molecule has 1 aliphatic heterocycles. The standard InChI is InChI=1S/C22H21BrN2O4/c23-16-5-7-17(8-6-16)28-15-18-9-10-21(29-18)22(27)25-13-11-24(12-14-25)19-3-1-2-4-20(19)26/h1-10,26H,11-15H2. The Morgan fingerprint density at radius 3 is 2.45 bits per heavy atom. The number of halogens is 1. The van der Waals surface area contributed by atoms with Gasteiger partial charge in [0, 0.05) is 30.7 Å². The Bertz CT molecular complexity index is 978. The van der Waals surface area contributed by atoms with Crippen LogP contribution in [-0.2, 0) is 6.61 Å². The fourth-order valence-electron chi connectivity index (χ4n) is 3.29. The number of para-hydroxylation sites is 2. The second kappa shape index (κ2) is 8.61. The summed E-state index contributed by atoms with van der Waals surface area (Å²) >= 11 is 3.39. The van der Waals surface area contributed by atoms with Crippen LogP contribution in [0.2, 0.25) is 0 Å². The molecule has 6 nitrogen and oxygen atoms in total. The molecule has 1 saturated heterocycles. The minimum atomic E-state index is -0.128. The lowest BCUT2D eigenvalue weighted by Gasteiger charge is -2.35. The van der Waals surface area contributed by atoms with E-state index in [0.717, 1.165) is 15.9 Å². The molecule has 29 heavy (non-hydrogen) atoms. The van der Waals surface area contributed by atoms with Crippen molar-refractivity contribution in [2.45, 2.75) is 6.61 Å². The zero-order valence-corrected chi connectivity index (χ0v) is 17.3. The highest BCUT2D eigenvalue weighted by atomic mass is 79.9. The number of phenolic OH excluding ortho intramolecular Hbond substituents is 1. The van der Waals surface area contributed by atoms with Gasteiger partial charge in [-0.2, -0.15) is 0 Å². The van der Waals surface area contributed by atoms with Gasteiger partial charge in [-0.25, -0.2) is 0 Å². The summed E-state index contributed by atoms with van der Waals surface area (Å²) in [5.41, 5.74) is 0.796. The maximum Gasteiger partial charge on any atom is 0.289 e. The number of phenols is 1. The first-order valence-corrected chi connectivity index (χ1v) is 10.2. The molecule has 3 aromatic rings. The fraction of sp³-hybridized carbons (Fsp3) is 0.227. The van der Waals surface area contributed by atoms with Gasteiger partial charge in [0.15, 0.2) is 5.76 Å². The normalized spacial score (nSPS) is 14.1. The summed E-state index contributed by atoms with van der Waals surface area (Å²) in [5, 5.41) is 10.0. The summed E-state index contributed by atoms with van der Waals surface area (Å²) in [7, 11) is 0. The molecule has 2 heterocycles. The van der Waals surface area contributed by atoms with Crippen LogP contribution in [0.15, 0.2) is 69.6 Å². The van der Waals surface area contributed by atoms with Crippen molar-refractivity contribution < 1.29 is 19.1 Å². The number of rotatable bonds is 5. The number of amides is 1. The van der Waals surface area contributed by atoms with Crippen LogP contribution in [0.25, 0.3) is 0 Å². The molecule has 1 aromatic heterocycles. The second-order valence-electron chi connectivity index (χ2n) is 6.78. The summed E-state index contributed by atoms with van der Waals surface area (Å²) in [6.07, 6.45) is 0. The molecule has 0 radical (unpaired) electrons. The van der Waals surface area contributed by atoms with Crippen LogP contribution in [0, 0.1) is 0 Å². The zero-order chi connectivity index (χ0) is 20.2. The van der Waals surface area contributed by atoms with Crippen LogP contribution < -0.4 is 9.64 Å². The number of carbonyl (C=O) groups excluding carboxylic acids is 1. The van der Waals surface area contributed by atoms with Crippen LogP contribution in [0.3, 0.4) is 0 Å². The van der Waals surface area contributed by atoms with E-state index in [1.54, 1.807) is 29.2 Å². The van der Waals surface area contributed by atoms with E-state index >= 15 is 0 Å². The van der Waals surface area contributed by atoms with Crippen LogP contribution in [-0.4, -0.2) is 42.1 Å². The van der Waals surface area contributed by atoms with Gasteiger partial charge in [-0.05, 0) is 48.5 Å². The minimum Gasteiger partial charge on any atom is -0.506 e. The van der Waals surface area contributed by atoms with Crippen molar-refractivity contribution in [3.05, 3.63) is 76.7 Å². The number of carbonyl (C=O) groups is 1. The lowest BCUT2D eigenvalue weighted by atomic mass is 10.2. The first-order valence-electron chi connectivity index (χ1n) is 9.39. The highest BCUT2D eigenvalue weighted by Gasteiger charge is 2.25. The molecule has 0 saturated carbocycles. The van der Waals surface area contributed by atoms with E-state index in [4.69, 9.17) is 9.15 Å². The molecule has 0 unspecified atom stereocenters. The third-order valence-corrected chi connectivity index (χ3v) is 5.39. The average molecular weight is 457 g/mol. The Morgan fingerprint density at radius 1 is 1.00 bits per heavy atom. The molecule has 1 N–H and O–H groups in total. The first kappa shape index (κ1) is 19.4. The van der Waals surface area contributed by atoms with Crippen molar-refractivity contribution >= 4 is 27.5 Å². The fourth-order valence-corrected chi connectivity index (χ4v) is 3.56. The summed E-state index contributed by atoms with van der Waals surface area (Å²) in [6.45, 7) is 2.71. The van der Waals surface area contributed by atoms with Crippen molar-refractivity contribution in [2.24, 2.45) is 0 Å². The van der Waals surface area contributed by atoms with E-state index in [9.17, 15) is 9.90 Å². The lowest BCUT2D eigenvalue weighted by molar-refractivity contribution is 0.0710. The molecule has 0 aliphatic carbocycles. The topological polar surface area (TPSA) is 66.2 Å². The van der Waals surface area contributed by atoms with Crippen molar-refractivity contribution in [2.75, 3.05) is 31.1 Å². The largest absolute Gasteiger partial charge is 0.506 e. The predicted molar refractivity (Wildman–Crippen MR) is 113 cm³/mol. The number of anilines is 1. The van der Waals surface area contributed by atoms with Gasteiger partial charge in [0.25, 0.3) is 5.91 Å². The molecular weight excluding hydrogens is 436 g/mol. The Kier molecular flexibility index (Phi) is 5.76. The van der Waals surface area contributed by atoms with E-state index in [-0.39, 0.29) is 18.3 Å². The maximum absolute atomic E-state index is 12.8. The number of furan rings is 1. The Hall–Kier alpha value is -2.93. The van der Waals surface area contributed by atoms with Crippen LogP contribution in [0.1, 0.15) is 16.3 Å². The Morgan fingerprint density at radius 2 is 1.72 bits per heavy atom. The van der Waals surface area contributed by atoms with Gasteiger partial charge in [0.05, 0.1) is 5.69 Å². The van der Waals surface area contributed by atoms with Crippen LogP contribution in [0.5, 0.6) is 11.5 Å². The van der Waals surface area contributed by atoms with Crippen molar-refractivity contribution in [1.82, 2.24) is 4.90 Å². The van der Waals surface area contributed by atoms with E-state index in [0.29, 0.717) is 37.7 Å². The molecule has 4 rings (SSSR count). The predicted octanol–water partition coefficient (Wildman–Crippen LogP) is 4.29. The molecule has 1 aliphatic rings. The molecule has 0 bridgehead atoms. The van der Waals surface area contributed by atoms with Gasteiger partial charge in [0.1, 0.15) is 23.9 Å². The van der Waals surface area contributed by atoms with Gasteiger partial charge in [-0.15, -0.1) is 0 Å². The maximum atomic E-state index is 12.8. The highest BCUT2D eigenvalue weighted by molar-refractivity contribution is 9.10. The van der Waals surface area contributed by atoms with E-state index < -0.39 is 0 Å². The third kappa shape index (κ3) is 4.56. The first-order chi connectivity index (χ1) is 14.1. The lowest BCUT2D eigenvalue weighted by Crippen LogP contribution is -2.48. The van der Waals surface area contributed by atoms with E-state index in [1.807, 2.05) is 36.4 Å². The van der Waals surface area contributed by atoms with E-state index in [1.165, 1.54) is 0 Å². The molecule has 7 heteroatoms. The molecule has 2 aromatic carbocycles. The number of piperazine rings is 1. The molecule has 0 spiro atoms. The minimum absolute atomic E-state index is 0.128. The van der Waals surface area contributed by atoms with Crippen molar-refractivity contribution in [3.8, 4) is 11.5 Å². The summed E-state index contributed by atoms with van der Waals surface area (Å²) in [5.74, 6) is 1.78. The molecule has 0 atom stereocenters. The molecule has 1 amide bonds. The van der Waals surface area contributed by atoms with Gasteiger partial charge in [-0.1, -0.05) is 28.1 Å².